The van der Waals surface area contributed by atoms with Gasteiger partial charge in [-0.25, -0.2) is 4.79 Å². The molecule has 34 heavy (non-hydrogen) atoms. The van der Waals surface area contributed by atoms with E-state index in [0.717, 1.165) is 19.3 Å². The normalized spacial score (nSPS) is 13.3. The maximum atomic E-state index is 12.8. The largest absolute Gasteiger partial charge is 0.507 e. The molecular weight excluding hydrogens is 487 g/mol. The van der Waals surface area contributed by atoms with Gasteiger partial charge in [-0.3, -0.25) is 9.59 Å². The predicted molar refractivity (Wildman–Crippen MR) is 125 cm³/mol. The SMILES string of the molecule is O=C(O)CNC(=O)OCCc1cc(Cl)c(Oc2ccc(O)c(C(=O)N3CCCCC3)c2)c(Cl)c1. The third-order valence-corrected chi connectivity index (χ3v) is 5.69. The predicted octanol–water partition coefficient (Wildman–Crippen LogP) is 4.47. The molecular formula is C23H24Cl2N2O7. The minimum atomic E-state index is -1.18. The van der Waals surface area contributed by atoms with E-state index in [1.807, 2.05) is 0 Å². The van der Waals surface area contributed by atoms with Crippen molar-refractivity contribution in [2.24, 2.45) is 0 Å². The van der Waals surface area contributed by atoms with E-state index in [9.17, 15) is 19.5 Å². The minimum Gasteiger partial charge on any atom is -0.507 e. The van der Waals surface area contributed by atoms with Crippen molar-refractivity contribution in [1.29, 1.82) is 0 Å². The summed E-state index contributed by atoms with van der Waals surface area (Å²) in [6.07, 6.45) is 2.38. The smallest absolute Gasteiger partial charge is 0.407 e. The Hall–Kier alpha value is -3.17. The molecule has 0 unspecified atom stereocenters. The summed E-state index contributed by atoms with van der Waals surface area (Å²) in [6.45, 7) is 0.740. The van der Waals surface area contributed by atoms with Crippen LogP contribution < -0.4 is 10.1 Å². The Kier molecular flexibility index (Phi) is 8.84. The lowest BCUT2D eigenvalue weighted by atomic mass is 10.1. The number of carboxylic acid groups (broad SMARTS) is 1. The van der Waals surface area contributed by atoms with E-state index in [1.165, 1.54) is 18.2 Å². The number of carbonyl (C=O) groups is 3. The summed E-state index contributed by atoms with van der Waals surface area (Å²) in [4.78, 5) is 36.4. The van der Waals surface area contributed by atoms with Crippen LogP contribution in [0.3, 0.4) is 0 Å². The maximum Gasteiger partial charge on any atom is 0.407 e. The number of ether oxygens (including phenoxy) is 2. The van der Waals surface area contributed by atoms with Gasteiger partial charge in [0.15, 0.2) is 5.75 Å². The highest BCUT2D eigenvalue weighted by Gasteiger charge is 2.22. The fraction of sp³-hybridized carbons (Fsp3) is 0.348. The van der Waals surface area contributed by atoms with Crippen LogP contribution in [0, 0.1) is 0 Å². The molecule has 1 saturated heterocycles. The first-order chi connectivity index (χ1) is 16.2. The number of halogens is 2. The molecule has 2 aromatic rings. The number of benzene rings is 2. The standard InChI is InChI=1S/C23H24Cl2N2O7/c24-17-10-14(6-9-33-23(32)26-13-20(29)30)11-18(25)21(17)34-15-4-5-19(28)16(12-15)22(31)27-7-2-1-3-8-27/h4-5,10-12,28H,1-3,6-9,13H2,(H,26,32)(H,29,30). The molecule has 1 aliphatic heterocycles. The Balaban J connectivity index is 1.66. The first-order valence-corrected chi connectivity index (χ1v) is 11.4. The van der Waals surface area contributed by atoms with Crippen LogP contribution in [0.4, 0.5) is 4.79 Å². The van der Waals surface area contributed by atoms with Gasteiger partial charge in [-0.1, -0.05) is 23.2 Å². The molecule has 2 amide bonds. The molecule has 0 radical (unpaired) electrons. The third kappa shape index (κ3) is 6.91. The highest BCUT2D eigenvalue weighted by Crippen LogP contribution is 2.38. The van der Waals surface area contributed by atoms with Crippen LogP contribution in [0.1, 0.15) is 35.2 Å². The Morgan fingerprint density at radius 3 is 2.35 bits per heavy atom. The van der Waals surface area contributed by atoms with Crippen molar-refractivity contribution in [3.8, 4) is 17.2 Å². The van der Waals surface area contributed by atoms with Gasteiger partial charge in [0.25, 0.3) is 5.91 Å². The van der Waals surface area contributed by atoms with Crippen molar-refractivity contribution >= 4 is 41.2 Å². The topological polar surface area (TPSA) is 125 Å². The second-order valence-electron chi connectivity index (χ2n) is 7.66. The second-order valence-corrected chi connectivity index (χ2v) is 8.47. The summed E-state index contributed by atoms with van der Waals surface area (Å²) in [7, 11) is 0. The van der Waals surface area contributed by atoms with Crippen molar-refractivity contribution in [1.82, 2.24) is 10.2 Å². The zero-order valence-corrected chi connectivity index (χ0v) is 19.7. The molecule has 2 aromatic carbocycles. The first kappa shape index (κ1) is 25.5. The lowest BCUT2D eigenvalue weighted by Crippen LogP contribution is -2.35. The Labute approximate surface area is 206 Å². The summed E-state index contributed by atoms with van der Waals surface area (Å²) in [5.74, 6) is -1.12. The van der Waals surface area contributed by atoms with Gasteiger partial charge in [-0.05, 0) is 55.2 Å². The quantitative estimate of drug-likeness (QED) is 0.478. The number of alkyl carbamates (subject to hydrolysis) is 1. The monoisotopic (exact) mass is 510 g/mol. The average molecular weight is 511 g/mol. The number of nitrogens with zero attached hydrogens (tertiary/aromatic N) is 1. The first-order valence-electron chi connectivity index (χ1n) is 10.6. The van der Waals surface area contributed by atoms with E-state index in [-0.39, 0.29) is 51.8 Å². The van der Waals surface area contributed by atoms with Crippen molar-refractivity contribution in [2.45, 2.75) is 25.7 Å². The van der Waals surface area contributed by atoms with Crippen molar-refractivity contribution < 1.29 is 34.1 Å². The number of carbonyl (C=O) groups excluding carboxylic acids is 2. The molecule has 0 spiro atoms. The fourth-order valence-corrected chi connectivity index (χ4v) is 4.06. The van der Waals surface area contributed by atoms with Crippen molar-refractivity contribution in [3.05, 3.63) is 51.5 Å². The number of carboxylic acids is 1. The highest BCUT2D eigenvalue weighted by molar-refractivity contribution is 6.37. The van der Waals surface area contributed by atoms with E-state index in [1.54, 1.807) is 17.0 Å². The Bertz CT molecular complexity index is 1050. The van der Waals surface area contributed by atoms with Crippen LogP contribution in [0.2, 0.25) is 10.0 Å². The number of likely N-dealkylation sites (tertiary alicyclic amines) is 1. The number of nitrogens with one attached hydrogen (secondary N) is 1. The zero-order chi connectivity index (χ0) is 24.7. The highest BCUT2D eigenvalue weighted by atomic mass is 35.5. The van der Waals surface area contributed by atoms with Crippen LogP contribution in [-0.2, 0) is 16.0 Å². The molecule has 9 nitrogen and oxygen atoms in total. The minimum absolute atomic E-state index is 0.0156. The summed E-state index contributed by atoms with van der Waals surface area (Å²) in [6, 6.07) is 7.54. The third-order valence-electron chi connectivity index (χ3n) is 5.13. The molecule has 3 N–H and O–H groups in total. The second kappa shape index (κ2) is 11.8. The number of phenols is 1. The number of hydrogen-bond donors (Lipinski definition) is 3. The van der Waals surface area contributed by atoms with Gasteiger partial charge in [-0.2, -0.15) is 0 Å². The van der Waals surface area contributed by atoms with Crippen LogP contribution in [0.5, 0.6) is 17.2 Å². The summed E-state index contributed by atoms with van der Waals surface area (Å²) < 4.78 is 10.7. The fourth-order valence-electron chi connectivity index (χ4n) is 3.45. The maximum absolute atomic E-state index is 12.8. The Morgan fingerprint density at radius 1 is 1.03 bits per heavy atom. The average Bonchev–Trinajstić information content (AvgIpc) is 2.81. The summed E-state index contributed by atoms with van der Waals surface area (Å²) in [5, 5.41) is 21.2. The number of hydrogen-bond acceptors (Lipinski definition) is 6. The van der Waals surface area contributed by atoms with Crippen LogP contribution in [0.15, 0.2) is 30.3 Å². The molecule has 1 fully saturated rings. The molecule has 3 rings (SSSR count). The molecule has 1 aliphatic rings. The van der Waals surface area contributed by atoms with E-state index in [4.69, 9.17) is 37.8 Å². The lowest BCUT2D eigenvalue weighted by Gasteiger charge is -2.27. The molecule has 0 aliphatic carbocycles. The van der Waals surface area contributed by atoms with E-state index in [2.05, 4.69) is 5.32 Å². The van der Waals surface area contributed by atoms with Gasteiger partial charge in [0.05, 0.1) is 22.2 Å². The number of aromatic hydroxyl groups is 1. The molecule has 1 heterocycles. The van der Waals surface area contributed by atoms with Gasteiger partial charge in [0.2, 0.25) is 0 Å². The summed E-state index contributed by atoms with van der Waals surface area (Å²) in [5.41, 5.74) is 0.807. The number of piperidine rings is 1. The van der Waals surface area contributed by atoms with E-state index in [0.29, 0.717) is 18.7 Å². The summed E-state index contributed by atoms with van der Waals surface area (Å²) >= 11 is 12.7. The van der Waals surface area contributed by atoms with Gasteiger partial charge in [0, 0.05) is 19.5 Å². The van der Waals surface area contributed by atoms with E-state index < -0.39 is 18.6 Å². The number of aliphatic carboxylic acids is 1. The lowest BCUT2D eigenvalue weighted by molar-refractivity contribution is -0.135. The van der Waals surface area contributed by atoms with Crippen LogP contribution >= 0.6 is 23.2 Å². The van der Waals surface area contributed by atoms with Gasteiger partial charge < -0.3 is 29.9 Å². The number of rotatable bonds is 8. The van der Waals surface area contributed by atoms with Crippen molar-refractivity contribution in [2.75, 3.05) is 26.2 Å². The van der Waals surface area contributed by atoms with E-state index >= 15 is 0 Å². The number of amides is 2. The van der Waals surface area contributed by atoms with Crippen LogP contribution in [0.25, 0.3) is 0 Å². The zero-order valence-electron chi connectivity index (χ0n) is 18.2. The van der Waals surface area contributed by atoms with Gasteiger partial charge in [0.1, 0.15) is 18.0 Å². The molecule has 0 bridgehead atoms. The molecule has 0 saturated carbocycles. The van der Waals surface area contributed by atoms with Gasteiger partial charge in [-0.15, -0.1) is 0 Å². The Morgan fingerprint density at radius 2 is 1.71 bits per heavy atom. The molecule has 11 heteroatoms. The van der Waals surface area contributed by atoms with Crippen LogP contribution in [-0.4, -0.2) is 59.3 Å². The molecule has 182 valence electrons. The van der Waals surface area contributed by atoms with Crippen molar-refractivity contribution in [3.63, 3.8) is 0 Å². The molecule has 0 atom stereocenters. The van der Waals surface area contributed by atoms with Gasteiger partial charge >= 0.3 is 12.1 Å². The number of phenolic OH excluding ortho intramolecular Hbond substituents is 1. The molecule has 0 aromatic heterocycles.